The summed E-state index contributed by atoms with van der Waals surface area (Å²) >= 11 is 8.44. The Morgan fingerprint density at radius 1 is 1.17 bits per heavy atom. The van der Waals surface area contributed by atoms with Crippen LogP contribution in [0.5, 0.6) is 0 Å². The first-order valence-corrected chi connectivity index (χ1v) is 10.6. The van der Waals surface area contributed by atoms with Crippen LogP contribution in [0.3, 0.4) is 0 Å². The second-order valence-electron chi connectivity index (χ2n) is 6.31. The highest BCUT2D eigenvalue weighted by Gasteiger charge is 2.32. The van der Waals surface area contributed by atoms with E-state index in [0.717, 1.165) is 34.2 Å². The summed E-state index contributed by atoms with van der Waals surface area (Å²) in [7, 11) is 0. The summed E-state index contributed by atoms with van der Waals surface area (Å²) in [5, 5.41) is 7.86. The first-order chi connectivity index (χ1) is 14.3. The quantitative estimate of drug-likeness (QED) is 0.352. The van der Waals surface area contributed by atoms with Crippen molar-refractivity contribution in [1.82, 2.24) is 24.0 Å². The molecule has 0 unspecified atom stereocenters. The number of fused-ring (bicyclic) bond motifs is 4. The third-order valence-electron chi connectivity index (χ3n) is 4.35. The molecule has 0 bridgehead atoms. The van der Waals surface area contributed by atoms with Gasteiger partial charge in [-0.25, -0.2) is 4.98 Å². The Balaban J connectivity index is 1.51. The molecule has 0 aliphatic rings. The minimum Gasteiger partial charge on any atom is -0.276 e. The summed E-state index contributed by atoms with van der Waals surface area (Å²) in [5.41, 5.74) is 0.282. The van der Waals surface area contributed by atoms with Gasteiger partial charge in [-0.05, 0) is 18.2 Å². The molecule has 0 aliphatic carbocycles. The van der Waals surface area contributed by atoms with Crippen molar-refractivity contribution in [3.05, 3.63) is 69.2 Å². The molecule has 0 saturated heterocycles. The van der Waals surface area contributed by atoms with Crippen LogP contribution in [0.1, 0.15) is 11.3 Å². The van der Waals surface area contributed by atoms with Gasteiger partial charge in [0.1, 0.15) is 0 Å². The van der Waals surface area contributed by atoms with Crippen molar-refractivity contribution >= 4 is 55.5 Å². The zero-order valence-electron chi connectivity index (χ0n) is 14.7. The fourth-order valence-corrected chi connectivity index (χ4v) is 5.12. The van der Waals surface area contributed by atoms with E-state index in [-0.39, 0.29) is 27.1 Å². The first kappa shape index (κ1) is 19.3. The molecule has 12 heteroatoms. The predicted octanol–water partition coefficient (Wildman–Crippen LogP) is 4.92. The van der Waals surface area contributed by atoms with Crippen LogP contribution in [0, 0.1) is 0 Å². The number of pyridine rings is 1. The largest absolute Gasteiger partial charge is 0.417 e. The van der Waals surface area contributed by atoms with Crippen LogP contribution in [0.4, 0.5) is 13.2 Å². The van der Waals surface area contributed by atoms with Gasteiger partial charge in [-0.1, -0.05) is 46.8 Å². The molecule has 5 rings (SSSR count). The van der Waals surface area contributed by atoms with E-state index in [9.17, 15) is 18.0 Å². The van der Waals surface area contributed by atoms with E-state index in [2.05, 4.69) is 15.2 Å². The summed E-state index contributed by atoms with van der Waals surface area (Å²) < 4.78 is 43.0. The van der Waals surface area contributed by atoms with Gasteiger partial charge in [-0.3, -0.25) is 13.6 Å². The number of benzene rings is 1. The number of thioether (sulfide) groups is 1. The summed E-state index contributed by atoms with van der Waals surface area (Å²) in [4.78, 5) is 17.7. The van der Waals surface area contributed by atoms with E-state index in [0.29, 0.717) is 10.7 Å². The van der Waals surface area contributed by atoms with Crippen molar-refractivity contribution in [2.24, 2.45) is 0 Å². The molecule has 5 aromatic rings. The van der Waals surface area contributed by atoms with E-state index in [1.807, 2.05) is 24.3 Å². The number of hydrogen-bond donors (Lipinski definition) is 0. The molecule has 152 valence electrons. The number of halogens is 4. The van der Waals surface area contributed by atoms with Gasteiger partial charge in [0.25, 0.3) is 5.56 Å². The van der Waals surface area contributed by atoms with Gasteiger partial charge in [0, 0.05) is 18.0 Å². The predicted molar refractivity (Wildman–Crippen MR) is 109 cm³/mol. The number of rotatable bonds is 3. The van der Waals surface area contributed by atoms with Crippen molar-refractivity contribution < 1.29 is 13.2 Å². The van der Waals surface area contributed by atoms with Crippen LogP contribution in [-0.4, -0.2) is 24.0 Å². The average Bonchev–Trinajstić information content (AvgIpc) is 3.27. The first-order valence-electron chi connectivity index (χ1n) is 8.46. The van der Waals surface area contributed by atoms with Crippen molar-refractivity contribution in [2.45, 2.75) is 17.1 Å². The van der Waals surface area contributed by atoms with Crippen LogP contribution in [-0.2, 0) is 11.9 Å². The molecular weight excluding hydrogens is 459 g/mol. The zero-order valence-corrected chi connectivity index (χ0v) is 17.1. The lowest BCUT2D eigenvalue weighted by Gasteiger charge is -2.08. The molecule has 6 nitrogen and oxygen atoms in total. The van der Waals surface area contributed by atoms with E-state index in [4.69, 9.17) is 11.6 Å². The molecule has 0 saturated carbocycles. The van der Waals surface area contributed by atoms with Crippen LogP contribution in [0.2, 0.25) is 5.02 Å². The Hall–Kier alpha value is -2.63. The molecule has 1 aromatic carbocycles. The smallest absolute Gasteiger partial charge is 0.276 e. The fraction of sp³-hybridized carbons (Fsp3) is 0.111. The number of aromatic nitrogens is 5. The van der Waals surface area contributed by atoms with Gasteiger partial charge >= 0.3 is 6.18 Å². The molecule has 4 heterocycles. The monoisotopic (exact) mass is 467 g/mol. The molecule has 0 radical (unpaired) electrons. The topological polar surface area (TPSA) is 64.6 Å². The molecule has 0 amide bonds. The zero-order chi connectivity index (χ0) is 21.0. The Bertz CT molecular complexity index is 1490. The molecule has 30 heavy (non-hydrogen) atoms. The summed E-state index contributed by atoms with van der Waals surface area (Å²) in [5.74, 6) is 0.231. The number of hydrogen-bond acceptors (Lipinski definition) is 6. The second-order valence-corrected chi connectivity index (χ2v) is 8.67. The van der Waals surface area contributed by atoms with Gasteiger partial charge in [-0.15, -0.1) is 10.2 Å². The maximum Gasteiger partial charge on any atom is 0.417 e. The van der Waals surface area contributed by atoms with Gasteiger partial charge in [0.2, 0.25) is 0 Å². The van der Waals surface area contributed by atoms with Crippen LogP contribution < -0.4 is 5.56 Å². The highest BCUT2D eigenvalue weighted by atomic mass is 35.5. The summed E-state index contributed by atoms with van der Waals surface area (Å²) in [6, 6.07) is 9.72. The molecule has 0 atom stereocenters. The Morgan fingerprint density at radius 3 is 2.77 bits per heavy atom. The highest BCUT2D eigenvalue weighted by Crippen LogP contribution is 2.33. The maximum absolute atomic E-state index is 13.1. The van der Waals surface area contributed by atoms with Gasteiger partial charge in [0.15, 0.2) is 15.8 Å². The Labute approximate surface area is 178 Å². The van der Waals surface area contributed by atoms with Gasteiger partial charge in [0.05, 0.1) is 26.5 Å². The van der Waals surface area contributed by atoms with E-state index in [1.54, 1.807) is 0 Å². The van der Waals surface area contributed by atoms with Crippen molar-refractivity contribution in [3.8, 4) is 0 Å². The minimum absolute atomic E-state index is 0.125. The van der Waals surface area contributed by atoms with E-state index in [1.165, 1.54) is 26.2 Å². The normalized spacial score (nSPS) is 12.4. The van der Waals surface area contributed by atoms with Gasteiger partial charge in [-0.2, -0.15) is 13.2 Å². The third-order valence-corrected chi connectivity index (χ3v) is 6.63. The fourth-order valence-electron chi connectivity index (χ4n) is 3.02. The number of alkyl halides is 3. The molecular formula is C18H9ClF3N5OS2. The van der Waals surface area contributed by atoms with Crippen LogP contribution >= 0.6 is 34.7 Å². The van der Waals surface area contributed by atoms with Crippen molar-refractivity contribution in [2.75, 3.05) is 0 Å². The highest BCUT2D eigenvalue weighted by molar-refractivity contribution is 7.98. The van der Waals surface area contributed by atoms with E-state index < -0.39 is 11.7 Å². The Morgan fingerprint density at radius 2 is 1.97 bits per heavy atom. The molecule has 0 N–H and O–H groups in total. The van der Waals surface area contributed by atoms with Crippen molar-refractivity contribution in [3.63, 3.8) is 0 Å². The minimum atomic E-state index is -4.55. The molecule has 0 spiro atoms. The van der Waals surface area contributed by atoms with Gasteiger partial charge < -0.3 is 0 Å². The number of nitrogens with zero attached hydrogens (tertiary/aromatic N) is 5. The summed E-state index contributed by atoms with van der Waals surface area (Å²) in [6.07, 6.45) is -3.65. The van der Waals surface area contributed by atoms with Crippen molar-refractivity contribution in [1.29, 1.82) is 0 Å². The lowest BCUT2D eigenvalue weighted by Crippen LogP contribution is -2.13. The SMILES string of the molecule is O=c1cc(CSc2nnc3c(Cl)cc(C(F)(F)F)cn23)nc2sc3ccccc3n12. The second kappa shape index (κ2) is 6.96. The summed E-state index contributed by atoms with van der Waals surface area (Å²) in [6.45, 7) is 0. The number of thiazole rings is 1. The lowest BCUT2D eigenvalue weighted by molar-refractivity contribution is -0.137. The maximum atomic E-state index is 13.1. The molecule has 4 aromatic heterocycles. The Kier molecular flexibility index (Phi) is 4.49. The van der Waals surface area contributed by atoms with Crippen LogP contribution in [0.15, 0.2) is 52.5 Å². The standard InChI is InChI=1S/C18H9ClF3N5OS2/c19-11-5-9(18(20,21)22)7-26-15(11)24-25-17(26)29-8-10-6-14(28)27-12-3-1-2-4-13(12)30-16(27)23-10/h1-7H,8H2. The number of para-hydroxylation sites is 1. The third kappa shape index (κ3) is 3.22. The molecule has 0 aliphatic heterocycles. The average molecular weight is 468 g/mol. The van der Waals surface area contributed by atoms with Crippen LogP contribution in [0.25, 0.3) is 20.8 Å². The molecule has 0 fully saturated rings. The van der Waals surface area contributed by atoms with E-state index >= 15 is 0 Å². The lowest BCUT2D eigenvalue weighted by atomic mass is 10.3.